The molecule has 2 rings (SSSR count). The zero-order valence-corrected chi connectivity index (χ0v) is 17.6. The molecule has 0 spiro atoms. The monoisotopic (exact) mass is 510 g/mol. The molecule has 2 atom stereocenters. The Morgan fingerprint density at radius 1 is 0.886 bits per heavy atom. The number of hydrogen-bond acceptors (Lipinski definition) is 5. The first kappa shape index (κ1) is 29.2. The highest BCUT2D eigenvalue weighted by Gasteiger charge is 2.38. The van der Waals surface area contributed by atoms with Gasteiger partial charge in [-0.25, -0.2) is 9.59 Å². The summed E-state index contributed by atoms with van der Waals surface area (Å²) in [6.45, 7) is 0. The molecule has 0 bridgehead atoms. The molecule has 14 heteroatoms. The Morgan fingerprint density at radius 3 is 1.89 bits per heavy atom. The Morgan fingerprint density at radius 2 is 1.43 bits per heavy atom. The third kappa shape index (κ3) is 9.92. The normalized spacial score (nSPS) is 13.1. The van der Waals surface area contributed by atoms with E-state index in [-0.39, 0.29) is 12.0 Å². The van der Waals surface area contributed by atoms with E-state index in [1.807, 2.05) is 0 Å². The van der Waals surface area contributed by atoms with Crippen molar-refractivity contribution in [2.75, 3.05) is 0 Å². The van der Waals surface area contributed by atoms with Gasteiger partial charge in [0.15, 0.2) is 0 Å². The zero-order chi connectivity index (χ0) is 27.0. The fraction of sp³-hybridized carbons (Fsp3) is 0.286. The Balaban J connectivity index is 0.000000762. The van der Waals surface area contributed by atoms with Gasteiger partial charge in [-0.15, -0.1) is 0 Å². The number of carboxylic acids is 2. The van der Waals surface area contributed by atoms with Crippen LogP contribution in [0.1, 0.15) is 16.7 Å². The van der Waals surface area contributed by atoms with Gasteiger partial charge < -0.3 is 26.4 Å². The lowest BCUT2D eigenvalue weighted by molar-refractivity contribution is -0.192. The maximum Gasteiger partial charge on any atom is 0.490 e. The van der Waals surface area contributed by atoms with Crippen LogP contribution in [0.4, 0.5) is 26.3 Å². The van der Waals surface area contributed by atoms with Crippen molar-refractivity contribution >= 4 is 17.8 Å². The number of phenols is 1. The number of nitrogens with one attached hydrogen (secondary N) is 1. The first-order valence-electron chi connectivity index (χ1n) is 9.54. The predicted octanol–water partition coefficient (Wildman–Crippen LogP) is 2.73. The summed E-state index contributed by atoms with van der Waals surface area (Å²) in [5.41, 5.74) is 5.31. The van der Waals surface area contributed by atoms with Crippen molar-refractivity contribution in [1.29, 1.82) is 0 Å². The summed E-state index contributed by atoms with van der Waals surface area (Å²) in [7, 11) is 0. The third-order valence-corrected chi connectivity index (χ3v) is 4.30. The van der Waals surface area contributed by atoms with Gasteiger partial charge >= 0.3 is 24.3 Å². The highest BCUT2D eigenvalue weighted by molar-refractivity contribution is 5.87. The molecule has 0 aliphatic carbocycles. The van der Waals surface area contributed by atoms with Crippen LogP contribution in [0.25, 0.3) is 0 Å². The van der Waals surface area contributed by atoms with E-state index in [0.717, 1.165) is 17.7 Å². The number of aliphatic carboxylic acids is 2. The molecule has 0 fully saturated rings. The highest BCUT2D eigenvalue weighted by atomic mass is 19.4. The fourth-order valence-electron chi connectivity index (χ4n) is 2.61. The minimum absolute atomic E-state index is 0.00513. The number of carbonyl (C=O) groups excluding carboxylic acids is 1. The Labute approximate surface area is 194 Å². The molecule has 2 aromatic carbocycles. The lowest BCUT2D eigenvalue weighted by Gasteiger charge is -2.19. The molecule has 8 nitrogen and oxygen atoms in total. The minimum Gasteiger partial charge on any atom is -0.507 e. The summed E-state index contributed by atoms with van der Waals surface area (Å²) >= 11 is 0. The maximum absolute atomic E-state index is 12.9. The fourth-order valence-corrected chi connectivity index (χ4v) is 2.61. The van der Waals surface area contributed by atoms with Gasteiger partial charge in [0.25, 0.3) is 0 Å². The van der Waals surface area contributed by atoms with Crippen LogP contribution in [0, 0.1) is 0 Å². The molecule has 1 amide bonds. The Bertz CT molecular complexity index is 1030. The van der Waals surface area contributed by atoms with Gasteiger partial charge in [0.05, 0.1) is 11.6 Å². The number of benzene rings is 2. The molecule has 2 aromatic rings. The Kier molecular flexibility index (Phi) is 10.1. The van der Waals surface area contributed by atoms with Gasteiger partial charge in [0, 0.05) is 6.42 Å². The van der Waals surface area contributed by atoms with Crippen LogP contribution in [0.3, 0.4) is 0 Å². The van der Waals surface area contributed by atoms with Crippen molar-refractivity contribution in [1.82, 2.24) is 5.32 Å². The maximum atomic E-state index is 12.9. The molecular formula is C21H20F6N2O6. The molecule has 2 unspecified atom stereocenters. The van der Waals surface area contributed by atoms with E-state index in [2.05, 4.69) is 5.32 Å². The number of alkyl halides is 6. The van der Waals surface area contributed by atoms with Gasteiger partial charge in [-0.05, 0) is 29.7 Å². The lowest BCUT2D eigenvalue weighted by atomic mass is 10.0. The van der Waals surface area contributed by atoms with Crippen molar-refractivity contribution in [2.45, 2.75) is 37.3 Å². The first-order valence-corrected chi connectivity index (χ1v) is 9.54. The quantitative estimate of drug-likeness (QED) is 0.360. The molecule has 0 radical (unpaired) electrons. The number of rotatable bonds is 7. The number of phenolic OH excluding ortho intramolecular Hbond substituents is 1. The Hall–Kier alpha value is -3.81. The van der Waals surface area contributed by atoms with E-state index >= 15 is 0 Å². The van der Waals surface area contributed by atoms with Crippen LogP contribution in [0.2, 0.25) is 0 Å². The second kappa shape index (κ2) is 12.1. The average molecular weight is 510 g/mol. The topological polar surface area (TPSA) is 150 Å². The van der Waals surface area contributed by atoms with Crippen LogP contribution in [0.15, 0.2) is 48.5 Å². The van der Waals surface area contributed by atoms with E-state index < -0.39 is 60.0 Å². The van der Waals surface area contributed by atoms with Gasteiger partial charge in [-0.1, -0.05) is 36.4 Å². The number of nitrogens with two attached hydrogens (primary N) is 1. The second-order valence-electron chi connectivity index (χ2n) is 7.05. The minimum atomic E-state index is -5.08. The summed E-state index contributed by atoms with van der Waals surface area (Å²) in [5.74, 6) is -5.86. The second-order valence-corrected chi connectivity index (χ2v) is 7.05. The third-order valence-electron chi connectivity index (χ3n) is 4.30. The predicted molar refractivity (Wildman–Crippen MR) is 108 cm³/mol. The van der Waals surface area contributed by atoms with Crippen LogP contribution in [0.5, 0.6) is 5.75 Å². The van der Waals surface area contributed by atoms with E-state index in [1.165, 1.54) is 0 Å². The SMILES string of the molecule is NC(Cc1ccccc1)C(=O)NC(Cc1ccc(O)c(C(F)(F)F)c1)C(=O)O.O=C(O)C(F)(F)F. The highest BCUT2D eigenvalue weighted by Crippen LogP contribution is 2.36. The molecule has 0 saturated carbocycles. The molecule has 0 heterocycles. The van der Waals surface area contributed by atoms with Crippen molar-refractivity contribution in [3.63, 3.8) is 0 Å². The summed E-state index contributed by atoms with van der Waals surface area (Å²) in [6.07, 6.45) is -10.1. The van der Waals surface area contributed by atoms with Crippen LogP contribution in [-0.4, -0.2) is 51.4 Å². The molecule has 192 valence electrons. The summed E-state index contributed by atoms with van der Waals surface area (Å²) in [6, 6.07) is 9.01. The van der Waals surface area contributed by atoms with Crippen LogP contribution < -0.4 is 11.1 Å². The zero-order valence-electron chi connectivity index (χ0n) is 17.6. The van der Waals surface area contributed by atoms with Crippen molar-refractivity contribution in [3.8, 4) is 5.75 Å². The van der Waals surface area contributed by atoms with Crippen molar-refractivity contribution in [2.24, 2.45) is 5.73 Å². The number of carboxylic acid groups (broad SMARTS) is 2. The lowest BCUT2D eigenvalue weighted by Crippen LogP contribution is -2.50. The van der Waals surface area contributed by atoms with Crippen molar-refractivity contribution < 1.29 is 56.0 Å². The molecular weight excluding hydrogens is 490 g/mol. The molecule has 0 aliphatic rings. The standard InChI is InChI=1S/C19H19F3N2O4.C2HF3O2/c20-19(21,22)13-8-12(6-7-16(13)25)10-15(18(27)28)24-17(26)14(23)9-11-4-2-1-3-5-11;3-2(4,5)1(6)7/h1-8,14-15,25H,9-10,23H2,(H,24,26)(H,27,28);(H,6,7). The number of amides is 1. The molecule has 6 N–H and O–H groups in total. The van der Waals surface area contributed by atoms with Gasteiger partial charge in [0.1, 0.15) is 11.8 Å². The van der Waals surface area contributed by atoms with Crippen molar-refractivity contribution in [3.05, 3.63) is 65.2 Å². The number of carbonyl (C=O) groups is 3. The van der Waals surface area contributed by atoms with Gasteiger partial charge in [-0.2, -0.15) is 26.3 Å². The van der Waals surface area contributed by atoms with E-state index in [1.54, 1.807) is 30.3 Å². The van der Waals surface area contributed by atoms with Crippen LogP contribution >= 0.6 is 0 Å². The molecule has 0 saturated heterocycles. The summed E-state index contributed by atoms with van der Waals surface area (Å²) in [4.78, 5) is 32.6. The van der Waals surface area contributed by atoms with Gasteiger partial charge in [0.2, 0.25) is 5.91 Å². The number of hydrogen-bond donors (Lipinski definition) is 5. The molecule has 0 aliphatic heterocycles. The largest absolute Gasteiger partial charge is 0.507 e. The van der Waals surface area contributed by atoms with Crippen LogP contribution in [-0.2, 0) is 33.4 Å². The summed E-state index contributed by atoms with van der Waals surface area (Å²) in [5, 5.41) is 28.0. The summed E-state index contributed by atoms with van der Waals surface area (Å²) < 4.78 is 70.4. The first-order chi connectivity index (χ1) is 16.0. The molecule has 35 heavy (non-hydrogen) atoms. The number of halogens is 6. The van der Waals surface area contributed by atoms with Gasteiger partial charge in [-0.3, -0.25) is 4.79 Å². The smallest absolute Gasteiger partial charge is 0.490 e. The van der Waals surface area contributed by atoms with E-state index in [4.69, 9.17) is 15.6 Å². The van der Waals surface area contributed by atoms with E-state index in [0.29, 0.717) is 6.07 Å². The molecule has 0 aromatic heterocycles. The average Bonchev–Trinajstić information content (AvgIpc) is 2.74. The number of aromatic hydroxyl groups is 1. The van der Waals surface area contributed by atoms with E-state index in [9.17, 15) is 46.1 Å².